The Balaban J connectivity index is 1.65. The van der Waals surface area contributed by atoms with Gasteiger partial charge in [-0.1, -0.05) is 109 Å². The summed E-state index contributed by atoms with van der Waals surface area (Å²) in [5.74, 6) is 0. The monoisotopic (exact) mass is 414 g/mol. The number of halogens is 1. The smallest absolute Gasteiger partial charge is 0.0485 e. The van der Waals surface area contributed by atoms with Crippen LogP contribution in [0.25, 0.3) is 54.6 Å². The van der Waals surface area contributed by atoms with Crippen molar-refractivity contribution >= 4 is 43.9 Å². The molecule has 0 heterocycles. The molecule has 0 saturated heterocycles. The van der Waals surface area contributed by atoms with Crippen molar-refractivity contribution in [2.45, 2.75) is 0 Å². The first-order chi connectivity index (χ1) is 15.3. The maximum absolute atomic E-state index is 6.73. The first kappa shape index (κ1) is 18.2. The van der Waals surface area contributed by atoms with Crippen LogP contribution in [0.1, 0.15) is 0 Å². The zero-order chi connectivity index (χ0) is 20.8. The van der Waals surface area contributed by atoms with Gasteiger partial charge in [-0.2, -0.15) is 0 Å². The van der Waals surface area contributed by atoms with Gasteiger partial charge in [0, 0.05) is 10.6 Å². The molecule has 0 saturated carbocycles. The average molecular weight is 415 g/mol. The van der Waals surface area contributed by atoms with Gasteiger partial charge in [-0.15, -0.1) is 0 Å². The van der Waals surface area contributed by atoms with E-state index >= 15 is 0 Å². The number of benzene rings is 6. The first-order valence-electron chi connectivity index (χ1n) is 10.5. The molecule has 0 nitrogen and oxygen atoms in total. The second-order valence-electron chi connectivity index (χ2n) is 7.91. The summed E-state index contributed by atoms with van der Waals surface area (Å²) in [7, 11) is 0. The van der Waals surface area contributed by atoms with E-state index in [1.807, 2.05) is 6.07 Å². The molecule has 146 valence electrons. The maximum Gasteiger partial charge on any atom is 0.0485 e. The fourth-order valence-electron chi connectivity index (χ4n) is 4.65. The SMILES string of the molecule is Clc1ccc(-c2cc3ccccc3c3ccccc23)cc1-c1cccc2ccccc12. The van der Waals surface area contributed by atoms with Gasteiger partial charge in [-0.3, -0.25) is 0 Å². The molecule has 0 amide bonds. The Morgan fingerprint density at radius 1 is 0.387 bits per heavy atom. The van der Waals surface area contributed by atoms with E-state index in [4.69, 9.17) is 11.6 Å². The van der Waals surface area contributed by atoms with E-state index in [-0.39, 0.29) is 0 Å². The zero-order valence-electron chi connectivity index (χ0n) is 16.8. The lowest BCUT2D eigenvalue weighted by molar-refractivity contribution is 1.63. The predicted octanol–water partition coefficient (Wildman–Crippen LogP) is 9.13. The van der Waals surface area contributed by atoms with Crippen molar-refractivity contribution in [3.8, 4) is 22.3 Å². The third kappa shape index (κ3) is 3.00. The highest BCUT2D eigenvalue weighted by atomic mass is 35.5. The molecule has 0 aliphatic heterocycles. The van der Waals surface area contributed by atoms with Crippen molar-refractivity contribution < 1.29 is 0 Å². The molecule has 31 heavy (non-hydrogen) atoms. The van der Waals surface area contributed by atoms with Gasteiger partial charge in [0.2, 0.25) is 0 Å². The average Bonchev–Trinajstić information content (AvgIpc) is 2.84. The normalized spacial score (nSPS) is 11.4. The summed E-state index contributed by atoms with van der Waals surface area (Å²) < 4.78 is 0. The lowest BCUT2D eigenvalue weighted by Gasteiger charge is -2.14. The van der Waals surface area contributed by atoms with Crippen molar-refractivity contribution in [3.05, 3.63) is 120 Å². The topological polar surface area (TPSA) is 0 Å². The molecule has 0 fully saturated rings. The molecule has 6 aromatic carbocycles. The molecule has 0 bridgehead atoms. The summed E-state index contributed by atoms with van der Waals surface area (Å²) in [6, 6.07) is 40.8. The molecule has 0 radical (unpaired) electrons. The van der Waals surface area contributed by atoms with E-state index < -0.39 is 0 Å². The molecule has 0 atom stereocenters. The Bertz CT molecular complexity index is 1590. The Morgan fingerprint density at radius 2 is 1.03 bits per heavy atom. The minimum absolute atomic E-state index is 0.769. The van der Waals surface area contributed by atoms with E-state index in [9.17, 15) is 0 Å². The van der Waals surface area contributed by atoms with E-state index in [0.29, 0.717) is 0 Å². The van der Waals surface area contributed by atoms with E-state index in [0.717, 1.165) is 16.1 Å². The molecular formula is C30H19Cl. The largest absolute Gasteiger partial charge is 0.0837 e. The molecule has 0 N–H and O–H groups in total. The first-order valence-corrected chi connectivity index (χ1v) is 10.9. The van der Waals surface area contributed by atoms with Crippen LogP contribution in [0.4, 0.5) is 0 Å². The molecular weight excluding hydrogens is 396 g/mol. The van der Waals surface area contributed by atoms with Gasteiger partial charge in [0.15, 0.2) is 0 Å². The molecule has 1 heteroatoms. The van der Waals surface area contributed by atoms with Crippen molar-refractivity contribution in [3.63, 3.8) is 0 Å². The Morgan fingerprint density at radius 3 is 1.87 bits per heavy atom. The van der Waals surface area contributed by atoms with Crippen molar-refractivity contribution in [2.24, 2.45) is 0 Å². The highest BCUT2D eigenvalue weighted by Gasteiger charge is 2.12. The van der Waals surface area contributed by atoms with E-state index in [2.05, 4.69) is 109 Å². The molecule has 0 unspecified atom stereocenters. The second-order valence-corrected chi connectivity index (χ2v) is 8.32. The predicted molar refractivity (Wildman–Crippen MR) is 135 cm³/mol. The van der Waals surface area contributed by atoms with E-state index in [1.165, 1.54) is 43.4 Å². The number of fused-ring (bicyclic) bond motifs is 4. The number of rotatable bonds is 2. The van der Waals surface area contributed by atoms with Gasteiger partial charge < -0.3 is 0 Å². The van der Waals surface area contributed by atoms with Crippen LogP contribution in [0.5, 0.6) is 0 Å². The fraction of sp³-hybridized carbons (Fsp3) is 0. The van der Waals surface area contributed by atoms with Crippen LogP contribution < -0.4 is 0 Å². The van der Waals surface area contributed by atoms with Gasteiger partial charge in [-0.25, -0.2) is 0 Å². The second kappa shape index (κ2) is 7.27. The standard InChI is InChI=1S/C30H19Cl/c31-30-17-16-22(19-29(30)26-15-7-10-20-8-1-3-11-23(20)26)28-18-21-9-2-4-12-24(21)25-13-5-6-14-27(25)28/h1-19H. The maximum atomic E-state index is 6.73. The number of hydrogen-bond donors (Lipinski definition) is 0. The summed E-state index contributed by atoms with van der Waals surface area (Å²) in [6.45, 7) is 0. The van der Waals surface area contributed by atoms with E-state index in [1.54, 1.807) is 0 Å². The lowest BCUT2D eigenvalue weighted by Crippen LogP contribution is -1.88. The molecule has 0 aromatic heterocycles. The molecule has 6 rings (SSSR count). The third-order valence-electron chi connectivity index (χ3n) is 6.13. The molecule has 0 aliphatic rings. The lowest BCUT2D eigenvalue weighted by atomic mass is 9.91. The molecule has 0 aliphatic carbocycles. The summed E-state index contributed by atoms with van der Waals surface area (Å²) >= 11 is 6.73. The van der Waals surface area contributed by atoms with Crippen LogP contribution in [0.3, 0.4) is 0 Å². The zero-order valence-corrected chi connectivity index (χ0v) is 17.6. The van der Waals surface area contributed by atoms with Crippen LogP contribution in [-0.2, 0) is 0 Å². The minimum atomic E-state index is 0.769. The summed E-state index contributed by atoms with van der Waals surface area (Å²) in [6.07, 6.45) is 0. The highest BCUT2D eigenvalue weighted by Crippen LogP contribution is 2.39. The Hall–Kier alpha value is -3.61. The van der Waals surface area contributed by atoms with Gasteiger partial charge >= 0.3 is 0 Å². The highest BCUT2D eigenvalue weighted by molar-refractivity contribution is 6.34. The molecule has 0 spiro atoms. The van der Waals surface area contributed by atoms with Crippen LogP contribution in [0.2, 0.25) is 5.02 Å². The summed E-state index contributed by atoms with van der Waals surface area (Å²) in [4.78, 5) is 0. The van der Waals surface area contributed by atoms with Gasteiger partial charge in [-0.05, 0) is 67.2 Å². The van der Waals surface area contributed by atoms with Gasteiger partial charge in [0.25, 0.3) is 0 Å². The van der Waals surface area contributed by atoms with Crippen molar-refractivity contribution in [2.75, 3.05) is 0 Å². The van der Waals surface area contributed by atoms with Crippen LogP contribution in [-0.4, -0.2) is 0 Å². The van der Waals surface area contributed by atoms with Crippen molar-refractivity contribution in [1.29, 1.82) is 0 Å². The Kier molecular flexibility index (Phi) is 4.26. The van der Waals surface area contributed by atoms with Gasteiger partial charge in [0.1, 0.15) is 0 Å². The van der Waals surface area contributed by atoms with Crippen LogP contribution in [0, 0.1) is 0 Å². The Labute approximate surface area is 186 Å². The number of hydrogen-bond acceptors (Lipinski definition) is 0. The van der Waals surface area contributed by atoms with Crippen molar-refractivity contribution in [1.82, 2.24) is 0 Å². The summed E-state index contributed by atoms with van der Waals surface area (Å²) in [5.41, 5.74) is 4.63. The fourth-order valence-corrected chi connectivity index (χ4v) is 4.87. The minimum Gasteiger partial charge on any atom is -0.0837 e. The van der Waals surface area contributed by atoms with Crippen LogP contribution in [0.15, 0.2) is 115 Å². The van der Waals surface area contributed by atoms with Crippen LogP contribution >= 0.6 is 11.6 Å². The third-order valence-corrected chi connectivity index (χ3v) is 6.45. The summed E-state index contributed by atoms with van der Waals surface area (Å²) in [5, 5.41) is 8.27. The molecule has 6 aromatic rings. The quantitative estimate of drug-likeness (QED) is 0.248. The van der Waals surface area contributed by atoms with Gasteiger partial charge in [0.05, 0.1) is 0 Å².